The first-order valence-electron chi connectivity index (χ1n) is 12.5. The number of piperidine rings is 1. The molecule has 1 saturated heterocycles. The summed E-state index contributed by atoms with van der Waals surface area (Å²) in [7, 11) is 2.10. The van der Waals surface area contributed by atoms with Crippen molar-refractivity contribution >= 4 is 5.91 Å². The summed E-state index contributed by atoms with van der Waals surface area (Å²) < 4.78 is 0. The Kier molecular flexibility index (Phi) is 7.71. The Labute approximate surface area is 197 Å². The number of likely N-dealkylation sites (tertiary alicyclic amines) is 1. The van der Waals surface area contributed by atoms with E-state index < -0.39 is 6.10 Å². The zero-order valence-electron chi connectivity index (χ0n) is 19.7. The van der Waals surface area contributed by atoms with Crippen LogP contribution in [0.5, 0.6) is 5.75 Å². The van der Waals surface area contributed by atoms with Crippen LogP contribution in [0.3, 0.4) is 0 Å². The fraction of sp³-hybridized carbons (Fsp3) is 0.536. The number of aliphatic hydroxyl groups excluding tert-OH is 1. The van der Waals surface area contributed by atoms with Gasteiger partial charge in [0.1, 0.15) is 5.75 Å². The van der Waals surface area contributed by atoms with Gasteiger partial charge in [-0.25, -0.2) is 0 Å². The van der Waals surface area contributed by atoms with Crippen molar-refractivity contribution in [2.75, 3.05) is 20.1 Å². The van der Waals surface area contributed by atoms with Crippen molar-refractivity contribution in [2.45, 2.75) is 68.9 Å². The van der Waals surface area contributed by atoms with Gasteiger partial charge in [0.25, 0.3) is 0 Å². The fourth-order valence-electron chi connectivity index (χ4n) is 6.04. The monoisotopic (exact) mass is 450 g/mol. The highest BCUT2D eigenvalue weighted by Gasteiger charge is 2.51. The van der Waals surface area contributed by atoms with Crippen molar-refractivity contribution in [2.24, 2.45) is 5.92 Å². The Balaban J connectivity index is 1.34. The van der Waals surface area contributed by atoms with E-state index in [9.17, 15) is 15.0 Å². The van der Waals surface area contributed by atoms with Gasteiger partial charge in [-0.1, -0.05) is 48.9 Å². The van der Waals surface area contributed by atoms with Crippen LogP contribution in [0.25, 0.3) is 0 Å². The molecule has 4 rings (SSSR count). The molecular weight excluding hydrogens is 412 g/mol. The molecule has 1 saturated carbocycles. The van der Waals surface area contributed by atoms with Crippen LogP contribution in [0.1, 0.15) is 56.1 Å². The molecule has 1 heterocycles. The lowest BCUT2D eigenvalue weighted by Crippen LogP contribution is -2.60. The second-order valence-corrected chi connectivity index (χ2v) is 10.1. The standard InChI is InChI=1S/C28H38N2O3/c1-30-16-15-28(22-12-8-13-24(31)17-22)19-23(18-26(32)25(28)20-30)29-27(33)14-7-3-6-11-21-9-4-2-5-10-21/h2,4-5,8-10,12-13,17,23,25-26,31-32H,3,6-7,11,14-16,18-20H2,1H3,(H,29,33)/t23-,25+,26?,28+/m1/s1. The second kappa shape index (κ2) is 10.7. The van der Waals surface area contributed by atoms with Crippen LogP contribution in [0.15, 0.2) is 54.6 Å². The summed E-state index contributed by atoms with van der Waals surface area (Å²) in [6.45, 7) is 1.78. The SMILES string of the molecule is CN1CC[C@@]2(c3cccc(O)c3)C[C@H](NC(=O)CCCCCc3ccccc3)CC(O)[C@@H]2C1. The molecule has 2 aromatic carbocycles. The van der Waals surface area contributed by atoms with Crippen molar-refractivity contribution < 1.29 is 15.0 Å². The number of phenolic OH excluding ortho intramolecular Hbond substituents is 1. The Morgan fingerprint density at radius 2 is 1.94 bits per heavy atom. The highest BCUT2D eigenvalue weighted by Crippen LogP contribution is 2.49. The van der Waals surface area contributed by atoms with Crippen molar-refractivity contribution in [3.05, 3.63) is 65.7 Å². The minimum atomic E-state index is -0.472. The number of hydrogen-bond acceptors (Lipinski definition) is 4. The molecule has 1 aliphatic carbocycles. The molecule has 33 heavy (non-hydrogen) atoms. The number of fused-ring (bicyclic) bond motifs is 1. The lowest BCUT2D eigenvalue weighted by Gasteiger charge is -2.54. The van der Waals surface area contributed by atoms with E-state index in [4.69, 9.17) is 0 Å². The van der Waals surface area contributed by atoms with Gasteiger partial charge in [-0.15, -0.1) is 0 Å². The number of hydrogen-bond donors (Lipinski definition) is 3. The quantitative estimate of drug-likeness (QED) is 0.531. The molecule has 2 aromatic rings. The Hall–Kier alpha value is -2.37. The van der Waals surface area contributed by atoms with Crippen LogP contribution in [0.2, 0.25) is 0 Å². The first-order valence-corrected chi connectivity index (χ1v) is 12.5. The summed E-state index contributed by atoms with van der Waals surface area (Å²) in [5.74, 6) is 0.448. The topological polar surface area (TPSA) is 72.8 Å². The number of nitrogens with one attached hydrogen (secondary N) is 1. The number of carbonyl (C=O) groups is 1. The molecule has 1 unspecified atom stereocenters. The van der Waals surface area contributed by atoms with Crippen LogP contribution in [0, 0.1) is 5.92 Å². The number of aromatic hydroxyl groups is 1. The molecule has 1 aliphatic heterocycles. The van der Waals surface area contributed by atoms with Gasteiger partial charge in [-0.05, 0) is 75.4 Å². The number of nitrogens with zero attached hydrogens (tertiary/aromatic N) is 1. The summed E-state index contributed by atoms with van der Waals surface area (Å²) >= 11 is 0. The van der Waals surface area contributed by atoms with Gasteiger partial charge in [0, 0.05) is 30.3 Å². The van der Waals surface area contributed by atoms with Crippen LogP contribution < -0.4 is 5.32 Å². The molecule has 0 bridgehead atoms. The smallest absolute Gasteiger partial charge is 0.220 e. The largest absolute Gasteiger partial charge is 0.508 e. The first-order chi connectivity index (χ1) is 16.0. The molecule has 2 fully saturated rings. The zero-order valence-corrected chi connectivity index (χ0v) is 19.7. The average Bonchev–Trinajstić information content (AvgIpc) is 2.80. The number of amides is 1. The molecule has 1 amide bonds. The molecule has 5 nitrogen and oxygen atoms in total. The minimum absolute atomic E-state index is 0.0428. The molecule has 178 valence electrons. The van der Waals surface area contributed by atoms with E-state index in [1.54, 1.807) is 6.07 Å². The molecule has 4 atom stereocenters. The summed E-state index contributed by atoms with van der Waals surface area (Å²) in [6.07, 6.45) is 6.46. The van der Waals surface area contributed by atoms with E-state index in [1.807, 2.05) is 18.2 Å². The lowest BCUT2D eigenvalue weighted by molar-refractivity contribution is -0.123. The molecule has 5 heteroatoms. The number of benzene rings is 2. The maximum absolute atomic E-state index is 12.7. The van der Waals surface area contributed by atoms with Gasteiger partial charge in [0.2, 0.25) is 5.91 Å². The number of aliphatic hydroxyl groups is 1. The highest BCUT2D eigenvalue weighted by atomic mass is 16.3. The summed E-state index contributed by atoms with van der Waals surface area (Å²) in [5, 5.41) is 24.5. The predicted molar refractivity (Wildman–Crippen MR) is 131 cm³/mol. The maximum atomic E-state index is 12.7. The maximum Gasteiger partial charge on any atom is 0.220 e. The number of carbonyl (C=O) groups excluding carboxylic acids is 1. The van der Waals surface area contributed by atoms with Gasteiger partial charge >= 0.3 is 0 Å². The third-order valence-corrected chi connectivity index (χ3v) is 7.76. The molecular formula is C28H38N2O3. The summed E-state index contributed by atoms with van der Waals surface area (Å²) in [4.78, 5) is 15.0. The molecule has 0 aromatic heterocycles. The normalized spacial score (nSPS) is 27.6. The van der Waals surface area contributed by atoms with Crippen molar-refractivity contribution in [1.82, 2.24) is 10.2 Å². The minimum Gasteiger partial charge on any atom is -0.508 e. The summed E-state index contributed by atoms with van der Waals surface area (Å²) in [5.41, 5.74) is 2.21. The van der Waals surface area contributed by atoms with E-state index in [0.29, 0.717) is 12.8 Å². The Morgan fingerprint density at radius 1 is 1.12 bits per heavy atom. The molecule has 3 N–H and O–H groups in total. The van der Waals surface area contributed by atoms with E-state index in [2.05, 4.69) is 47.6 Å². The van der Waals surface area contributed by atoms with Gasteiger partial charge in [-0.2, -0.15) is 0 Å². The van der Waals surface area contributed by atoms with Crippen LogP contribution in [-0.4, -0.2) is 53.3 Å². The number of unbranched alkanes of at least 4 members (excludes halogenated alkanes) is 2. The molecule has 2 aliphatic rings. The Bertz CT molecular complexity index is 918. The fourth-order valence-corrected chi connectivity index (χ4v) is 6.04. The zero-order chi connectivity index (χ0) is 23.3. The third kappa shape index (κ3) is 5.77. The molecule has 0 radical (unpaired) electrons. The van der Waals surface area contributed by atoms with Crippen LogP contribution in [-0.2, 0) is 16.6 Å². The van der Waals surface area contributed by atoms with Gasteiger partial charge < -0.3 is 20.4 Å². The average molecular weight is 451 g/mol. The number of phenols is 1. The lowest BCUT2D eigenvalue weighted by atomic mass is 9.57. The van der Waals surface area contributed by atoms with Crippen molar-refractivity contribution in [1.29, 1.82) is 0 Å². The van der Waals surface area contributed by atoms with E-state index in [1.165, 1.54) is 5.56 Å². The van der Waals surface area contributed by atoms with Gasteiger partial charge in [0.15, 0.2) is 0 Å². The van der Waals surface area contributed by atoms with E-state index in [0.717, 1.165) is 57.2 Å². The highest BCUT2D eigenvalue weighted by molar-refractivity contribution is 5.76. The number of aryl methyl sites for hydroxylation is 1. The molecule has 0 spiro atoms. The third-order valence-electron chi connectivity index (χ3n) is 7.76. The first kappa shape index (κ1) is 23.8. The van der Waals surface area contributed by atoms with Crippen molar-refractivity contribution in [3.63, 3.8) is 0 Å². The number of rotatable bonds is 8. The van der Waals surface area contributed by atoms with Crippen LogP contribution in [0.4, 0.5) is 0 Å². The Morgan fingerprint density at radius 3 is 2.73 bits per heavy atom. The second-order valence-electron chi connectivity index (χ2n) is 10.1. The van der Waals surface area contributed by atoms with Gasteiger partial charge in [-0.3, -0.25) is 4.79 Å². The predicted octanol–water partition coefficient (Wildman–Crippen LogP) is 4.02. The van der Waals surface area contributed by atoms with Crippen molar-refractivity contribution in [3.8, 4) is 5.75 Å². The van der Waals surface area contributed by atoms with Gasteiger partial charge in [0.05, 0.1) is 6.10 Å². The van der Waals surface area contributed by atoms with E-state index >= 15 is 0 Å². The summed E-state index contributed by atoms with van der Waals surface area (Å²) in [6, 6.07) is 17.9. The van der Waals surface area contributed by atoms with E-state index in [-0.39, 0.29) is 29.0 Å². The van der Waals surface area contributed by atoms with Crippen LogP contribution >= 0.6 is 0 Å².